The van der Waals surface area contributed by atoms with Crippen molar-refractivity contribution in [2.45, 2.75) is 41.2 Å². The third kappa shape index (κ3) is 3.46. The number of rotatable bonds is 1. The Morgan fingerprint density at radius 1 is 1.23 bits per heavy atom. The Bertz CT molecular complexity index is 771. The van der Waals surface area contributed by atoms with E-state index in [0.717, 1.165) is 14.6 Å². The molecule has 2 rings (SSSR count). The van der Waals surface area contributed by atoms with Crippen molar-refractivity contribution in [3.05, 3.63) is 29.8 Å². The average Bonchev–Trinajstić information content (AvgIpc) is 2.74. The number of nitrogens with zero attached hydrogens (tertiary/aromatic N) is 2. The molecule has 0 aliphatic carbocycles. The van der Waals surface area contributed by atoms with Crippen molar-refractivity contribution >= 4 is 39.1 Å². The molecule has 116 valence electrons. The quantitative estimate of drug-likeness (QED) is 0.678. The van der Waals surface area contributed by atoms with E-state index in [1.807, 2.05) is 26.8 Å². The maximum absolute atomic E-state index is 12.7. The van der Waals surface area contributed by atoms with Gasteiger partial charge in [0, 0.05) is 0 Å². The van der Waals surface area contributed by atoms with Crippen LogP contribution >= 0.6 is 0 Å². The van der Waals surface area contributed by atoms with Crippen LogP contribution in [0.5, 0.6) is 0 Å². The molecule has 1 heterocycles. The fourth-order valence-corrected chi connectivity index (χ4v) is 6.53. The van der Waals surface area contributed by atoms with Crippen LogP contribution in [0, 0.1) is 11.3 Å². The number of carbonyl (C=O) groups excluding carboxylic acids is 1. The molecular formula is C17H22N2O2Sn. The van der Waals surface area contributed by atoms with Gasteiger partial charge in [-0.2, -0.15) is 0 Å². The number of hydrogen-bond acceptors (Lipinski definition) is 3. The molecule has 0 aliphatic rings. The van der Waals surface area contributed by atoms with Crippen LogP contribution in [0.2, 0.25) is 14.8 Å². The number of fused-ring (bicyclic) bond motifs is 1. The van der Waals surface area contributed by atoms with E-state index in [1.165, 1.54) is 0 Å². The number of benzene rings is 1. The van der Waals surface area contributed by atoms with Gasteiger partial charge in [0.15, 0.2) is 0 Å². The standard InChI is InChI=1S/C14H13N2O2.3CH3.Sn/c1-14(2,3)18-13(17)16-7-6-11-5-4-10(9-15)8-12(11)16;;;;/h4-6,8H,1-3H3;3*1H3;. The molecule has 2 aromatic rings. The molecule has 1 aromatic heterocycles. The molecule has 4 nitrogen and oxygen atoms in total. The van der Waals surface area contributed by atoms with Crippen LogP contribution in [-0.2, 0) is 4.74 Å². The van der Waals surface area contributed by atoms with Crippen molar-refractivity contribution in [2.24, 2.45) is 0 Å². The molecular weight excluding hydrogens is 383 g/mol. The Kier molecular flexibility index (Phi) is 4.31. The molecule has 0 fully saturated rings. The summed E-state index contributed by atoms with van der Waals surface area (Å²) in [5.41, 5.74) is 0.756. The zero-order chi connectivity index (χ0) is 16.7. The van der Waals surface area contributed by atoms with Gasteiger partial charge >= 0.3 is 136 Å². The summed E-state index contributed by atoms with van der Waals surface area (Å²) < 4.78 is 8.33. The second-order valence-corrected chi connectivity index (χ2v) is 21.8. The van der Waals surface area contributed by atoms with Crippen LogP contribution < -0.4 is 3.71 Å². The SMILES string of the molecule is CC(C)(C)OC(=O)n1[c]([Sn]([CH3])([CH3])[CH3])cc2ccc(C#N)cc21. The Labute approximate surface area is 135 Å². The van der Waals surface area contributed by atoms with Crippen LogP contribution in [0.3, 0.4) is 0 Å². The van der Waals surface area contributed by atoms with Gasteiger partial charge in [-0.05, 0) is 0 Å². The van der Waals surface area contributed by atoms with Crippen molar-refractivity contribution in [1.82, 2.24) is 4.57 Å². The Morgan fingerprint density at radius 2 is 1.86 bits per heavy atom. The number of carbonyl (C=O) groups is 1. The van der Waals surface area contributed by atoms with Gasteiger partial charge in [0.25, 0.3) is 0 Å². The fraction of sp³-hybridized carbons (Fsp3) is 0.412. The molecule has 0 aliphatic heterocycles. The van der Waals surface area contributed by atoms with Crippen LogP contribution in [-0.4, -0.2) is 34.6 Å². The van der Waals surface area contributed by atoms with E-state index >= 15 is 0 Å². The third-order valence-electron chi connectivity index (χ3n) is 3.28. The second kappa shape index (κ2) is 5.62. The van der Waals surface area contributed by atoms with Crippen LogP contribution in [0.4, 0.5) is 4.79 Å². The first-order chi connectivity index (χ1) is 10.0. The van der Waals surface area contributed by atoms with Crippen molar-refractivity contribution < 1.29 is 9.53 Å². The Balaban J connectivity index is 2.72. The molecule has 0 spiro atoms. The summed E-state index contributed by atoms with van der Waals surface area (Å²) in [6.45, 7) is 5.58. The molecule has 5 heteroatoms. The fourth-order valence-electron chi connectivity index (χ4n) is 2.33. The van der Waals surface area contributed by atoms with E-state index in [9.17, 15) is 4.79 Å². The van der Waals surface area contributed by atoms with E-state index in [4.69, 9.17) is 10.00 Å². The van der Waals surface area contributed by atoms with Gasteiger partial charge < -0.3 is 0 Å². The van der Waals surface area contributed by atoms with Crippen molar-refractivity contribution in [3.63, 3.8) is 0 Å². The van der Waals surface area contributed by atoms with E-state index in [2.05, 4.69) is 27.0 Å². The summed E-state index contributed by atoms with van der Waals surface area (Å²) in [5, 5.41) is 10.1. The van der Waals surface area contributed by atoms with Crippen molar-refractivity contribution in [2.75, 3.05) is 0 Å². The maximum atomic E-state index is 12.7. The Morgan fingerprint density at radius 3 is 2.36 bits per heavy atom. The summed E-state index contributed by atoms with van der Waals surface area (Å²) in [6, 6.07) is 9.66. The van der Waals surface area contributed by atoms with Crippen LogP contribution in [0.1, 0.15) is 26.3 Å². The minimum absolute atomic E-state index is 0.362. The van der Waals surface area contributed by atoms with Gasteiger partial charge in [-0.1, -0.05) is 0 Å². The minimum atomic E-state index is -2.53. The first-order valence-corrected chi connectivity index (χ1v) is 17.3. The summed E-state index contributed by atoms with van der Waals surface area (Å²) >= 11 is -2.53. The molecule has 22 heavy (non-hydrogen) atoms. The topological polar surface area (TPSA) is 55.0 Å². The van der Waals surface area contributed by atoms with Crippen LogP contribution in [0.15, 0.2) is 24.3 Å². The van der Waals surface area contributed by atoms with Crippen LogP contribution in [0.25, 0.3) is 10.9 Å². The molecule has 0 radical (unpaired) electrons. The third-order valence-corrected chi connectivity index (χ3v) is 8.71. The molecule has 0 amide bonds. The van der Waals surface area contributed by atoms with Crippen molar-refractivity contribution in [3.8, 4) is 6.07 Å². The predicted octanol–water partition coefficient (Wildman–Crippen LogP) is 3.84. The van der Waals surface area contributed by atoms with Crippen molar-refractivity contribution in [1.29, 1.82) is 5.26 Å². The predicted molar refractivity (Wildman–Crippen MR) is 91.3 cm³/mol. The molecule has 0 saturated heterocycles. The van der Waals surface area contributed by atoms with Gasteiger partial charge in [-0.25, -0.2) is 0 Å². The van der Waals surface area contributed by atoms with Gasteiger partial charge in [0.2, 0.25) is 0 Å². The van der Waals surface area contributed by atoms with E-state index in [0.29, 0.717) is 5.56 Å². The normalized spacial score (nSPS) is 12.2. The number of hydrogen-bond donors (Lipinski definition) is 0. The Hall–Kier alpha value is -1.48. The zero-order valence-corrected chi connectivity index (χ0v) is 16.9. The summed E-state index contributed by atoms with van der Waals surface area (Å²) in [7, 11) is 0. The van der Waals surface area contributed by atoms with Gasteiger partial charge in [-0.3, -0.25) is 0 Å². The van der Waals surface area contributed by atoms with Gasteiger partial charge in [-0.15, -0.1) is 0 Å². The summed E-state index contributed by atoms with van der Waals surface area (Å²) in [6.07, 6.45) is -0.362. The molecule has 0 bridgehead atoms. The molecule has 0 N–H and O–H groups in total. The first-order valence-electron chi connectivity index (χ1n) is 7.32. The van der Waals surface area contributed by atoms with E-state index < -0.39 is 24.0 Å². The molecule has 0 saturated carbocycles. The zero-order valence-electron chi connectivity index (χ0n) is 14.0. The van der Waals surface area contributed by atoms with Gasteiger partial charge in [0.1, 0.15) is 0 Å². The van der Waals surface area contributed by atoms with E-state index in [-0.39, 0.29) is 6.09 Å². The number of aromatic nitrogens is 1. The first kappa shape index (κ1) is 16.9. The monoisotopic (exact) mass is 406 g/mol. The molecule has 1 aromatic carbocycles. The van der Waals surface area contributed by atoms with E-state index in [1.54, 1.807) is 16.7 Å². The van der Waals surface area contributed by atoms with Gasteiger partial charge in [0.05, 0.1) is 0 Å². The summed E-state index contributed by atoms with van der Waals surface area (Å²) in [5.74, 6) is 0. The molecule has 0 atom stereocenters. The average molecular weight is 405 g/mol. The second-order valence-electron chi connectivity index (χ2n) is 7.48. The summed E-state index contributed by atoms with van der Waals surface area (Å²) in [4.78, 5) is 19.5. The number of nitriles is 1. The number of ether oxygens (including phenoxy) is 1. The molecule has 0 unspecified atom stereocenters.